The zero-order valence-corrected chi connectivity index (χ0v) is 16.8. The lowest BCUT2D eigenvalue weighted by Crippen LogP contribution is -2.49. The number of benzene rings is 1. The Labute approximate surface area is 164 Å². The summed E-state index contributed by atoms with van der Waals surface area (Å²) in [5, 5.41) is 0. The summed E-state index contributed by atoms with van der Waals surface area (Å²) in [7, 11) is 0. The smallest absolute Gasteiger partial charge is 0.233 e. The molecule has 1 aromatic carbocycles. The number of hydrogen-bond acceptors (Lipinski definition) is 4. The van der Waals surface area contributed by atoms with Crippen molar-refractivity contribution in [3.63, 3.8) is 0 Å². The first-order valence-electron chi connectivity index (χ1n) is 9.42. The summed E-state index contributed by atoms with van der Waals surface area (Å²) >= 11 is 1.46. The molecule has 2 heterocycles. The van der Waals surface area contributed by atoms with E-state index in [2.05, 4.69) is 28.3 Å². The molecular weight excluding hydrogens is 363 g/mol. The van der Waals surface area contributed by atoms with Crippen molar-refractivity contribution in [3.05, 3.63) is 48.3 Å². The number of piperazine rings is 1. The van der Waals surface area contributed by atoms with Crippen LogP contribution in [0.1, 0.15) is 25.6 Å². The van der Waals surface area contributed by atoms with Gasteiger partial charge in [-0.2, -0.15) is 0 Å². The second kappa shape index (κ2) is 9.37. The van der Waals surface area contributed by atoms with Crippen molar-refractivity contribution in [2.45, 2.75) is 31.2 Å². The van der Waals surface area contributed by atoms with Crippen LogP contribution in [0.15, 0.2) is 41.6 Å². The lowest BCUT2D eigenvalue weighted by molar-refractivity contribution is -0.130. The molecule has 0 atom stereocenters. The Morgan fingerprint density at radius 3 is 2.52 bits per heavy atom. The Hall–Kier alpha value is -1.86. The Morgan fingerprint density at radius 1 is 1.15 bits per heavy atom. The maximum Gasteiger partial charge on any atom is 0.233 e. The minimum absolute atomic E-state index is 0.153. The first-order chi connectivity index (χ1) is 13.0. The van der Waals surface area contributed by atoms with Crippen molar-refractivity contribution in [3.8, 4) is 0 Å². The highest BCUT2D eigenvalue weighted by atomic mass is 32.2. The number of hydrogen-bond donors (Lipinski definition) is 0. The summed E-state index contributed by atoms with van der Waals surface area (Å²) in [6.45, 7) is 9.57. The topological polar surface area (TPSA) is 41.4 Å². The molecule has 0 bridgehead atoms. The van der Waals surface area contributed by atoms with Gasteiger partial charge in [0.1, 0.15) is 11.6 Å². The maximum atomic E-state index is 12.9. The van der Waals surface area contributed by atoms with Crippen LogP contribution in [0.25, 0.3) is 0 Å². The SMILES string of the molecule is CC(C)c1nccn1CCN1CCN(C(=O)CSc2ccc(F)cc2)CC1. The number of rotatable bonds is 7. The van der Waals surface area contributed by atoms with Gasteiger partial charge in [0, 0.05) is 62.5 Å². The summed E-state index contributed by atoms with van der Waals surface area (Å²) in [4.78, 5) is 22.1. The molecule has 0 N–H and O–H groups in total. The fourth-order valence-corrected chi connectivity index (χ4v) is 4.05. The third-order valence-electron chi connectivity index (χ3n) is 4.82. The number of carbonyl (C=O) groups is 1. The molecule has 0 aliphatic carbocycles. The molecule has 146 valence electrons. The minimum Gasteiger partial charge on any atom is -0.339 e. The molecule has 1 saturated heterocycles. The van der Waals surface area contributed by atoms with E-state index in [0.29, 0.717) is 11.7 Å². The highest BCUT2D eigenvalue weighted by Gasteiger charge is 2.21. The van der Waals surface area contributed by atoms with E-state index in [-0.39, 0.29) is 11.7 Å². The second-order valence-electron chi connectivity index (χ2n) is 7.10. The average Bonchev–Trinajstić information content (AvgIpc) is 3.15. The number of thioether (sulfide) groups is 1. The first kappa shape index (κ1) is 19.9. The van der Waals surface area contributed by atoms with Crippen molar-refractivity contribution < 1.29 is 9.18 Å². The van der Waals surface area contributed by atoms with Crippen LogP contribution in [0.2, 0.25) is 0 Å². The van der Waals surface area contributed by atoms with Crippen molar-refractivity contribution in [2.75, 3.05) is 38.5 Å². The molecule has 0 radical (unpaired) electrons. The molecule has 1 aliphatic rings. The van der Waals surface area contributed by atoms with Crippen molar-refractivity contribution in [2.24, 2.45) is 0 Å². The van der Waals surface area contributed by atoms with E-state index >= 15 is 0 Å². The van der Waals surface area contributed by atoms with Gasteiger partial charge >= 0.3 is 0 Å². The number of imidazole rings is 1. The van der Waals surface area contributed by atoms with E-state index in [1.807, 2.05) is 17.3 Å². The number of carbonyl (C=O) groups excluding carboxylic acids is 1. The fourth-order valence-electron chi connectivity index (χ4n) is 3.25. The van der Waals surface area contributed by atoms with Gasteiger partial charge in [0.05, 0.1) is 5.75 Å². The number of halogens is 1. The van der Waals surface area contributed by atoms with Gasteiger partial charge in [-0.05, 0) is 24.3 Å². The quantitative estimate of drug-likeness (QED) is 0.682. The Morgan fingerprint density at radius 2 is 1.85 bits per heavy atom. The van der Waals surface area contributed by atoms with Gasteiger partial charge in [-0.25, -0.2) is 9.37 Å². The molecule has 3 rings (SSSR count). The van der Waals surface area contributed by atoms with Gasteiger partial charge in [0.2, 0.25) is 5.91 Å². The van der Waals surface area contributed by atoms with E-state index in [1.54, 1.807) is 12.1 Å². The molecule has 1 aromatic heterocycles. The molecular formula is C20H27FN4OS. The summed E-state index contributed by atoms with van der Waals surface area (Å²) in [6, 6.07) is 6.28. The predicted molar refractivity (Wildman–Crippen MR) is 106 cm³/mol. The molecule has 0 unspecified atom stereocenters. The summed E-state index contributed by atoms with van der Waals surface area (Å²) in [5.74, 6) is 1.85. The van der Waals surface area contributed by atoms with E-state index in [9.17, 15) is 9.18 Å². The number of aromatic nitrogens is 2. The molecule has 1 amide bonds. The minimum atomic E-state index is -0.252. The lowest BCUT2D eigenvalue weighted by atomic mass is 10.2. The van der Waals surface area contributed by atoms with Crippen LogP contribution < -0.4 is 0 Å². The zero-order chi connectivity index (χ0) is 19.2. The molecule has 7 heteroatoms. The van der Waals surface area contributed by atoms with Gasteiger partial charge in [-0.1, -0.05) is 13.8 Å². The van der Waals surface area contributed by atoms with Crippen molar-refractivity contribution in [1.29, 1.82) is 0 Å². The van der Waals surface area contributed by atoms with Crippen molar-refractivity contribution in [1.82, 2.24) is 19.4 Å². The predicted octanol–water partition coefficient (Wildman–Crippen LogP) is 3.08. The molecule has 1 aliphatic heterocycles. The Balaban J connectivity index is 1.39. The Kier molecular flexibility index (Phi) is 6.90. The van der Waals surface area contributed by atoms with E-state index in [1.165, 1.54) is 23.9 Å². The van der Waals surface area contributed by atoms with Gasteiger partial charge < -0.3 is 9.47 Å². The highest BCUT2D eigenvalue weighted by Crippen LogP contribution is 2.19. The third-order valence-corrected chi connectivity index (χ3v) is 5.82. The molecule has 0 saturated carbocycles. The van der Waals surface area contributed by atoms with Crippen LogP contribution in [0.4, 0.5) is 4.39 Å². The first-order valence-corrected chi connectivity index (χ1v) is 10.4. The molecule has 5 nitrogen and oxygen atoms in total. The number of nitrogens with zero attached hydrogens (tertiary/aromatic N) is 4. The highest BCUT2D eigenvalue weighted by molar-refractivity contribution is 8.00. The van der Waals surface area contributed by atoms with Gasteiger partial charge in [-0.3, -0.25) is 9.69 Å². The normalized spacial score (nSPS) is 15.5. The van der Waals surface area contributed by atoms with Crippen LogP contribution in [0.3, 0.4) is 0 Å². The van der Waals surface area contributed by atoms with Gasteiger partial charge in [0.15, 0.2) is 0 Å². The molecule has 27 heavy (non-hydrogen) atoms. The monoisotopic (exact) mass is 390 g/mol. The Bertz CT molecular complexity index is 739. The van der Waals surface area contributed by atoms with Crippen LogP contribution in [0, 0.1) is 5.82 Å². The van der Waals surface area contributed by atoms with Crippen LogP contribution in [0.5, 0.6) is 0 Å². The van der Waals surface area contributed by atoms with Crippen LogP contribution in [-0.2, 0) is 11.3 Å². The van der Waals surface area contributed by atoms with Crippen LogP contribution in [-0.4, -0.2) is 63.7 Å². The van der Waals surface area contributed by atoms with Gasteiger partial charge in [-0.15, -0.1) is 11.8 Å². The van der Waals surface area contributed by atoms with E-state index in [0.717, 1.165) is 50.0 Å². The van der Waals surface area contributed by atoms with Gasteiger partial charge in [0.25, 0.3) is 0 Å². The molecule has 2 aromatic rings. The summed E-state index contributed by atoms with van der Waals surface area (Å²) in [6.07, 6.45) is 3.91. The third kappa shape index (κ3) is 5.56. The van der Waals surface area contributed by atoms with Crippen molar-refractivity contribution >= 4 is 17.7 Å². The largest absolute Gasteiger partial charge is 0.339 e. The van der Waals surface area contributed by atoms with E-state index in [4.69, 9.17) is 0 Å². The summed E-state index contributed by atoms with van der Waals surface area (Å²) in [5.41, 5.74) is 0. The van der Waals surface area contributed by atoms with E-state index < -0.39 is 0 Å². The molecule has 1 fully saturated rings. The lowest BCUT2D eigenvalue weighted by Gasteiger charge is -2.34. The number of amides is 1. The standard InChI is InChI=1S/C20H27FN4OS/c1-16(2)20-22-7-8-25(20)14-11-23-9-12-24(13-10-23)19(26)15-27-18-5-3-17(21)4-6-18/h3-8,16H,9-15H2,1-2H3. The fraction of sp³-hybridized carbons (Fsp3) is 0.500. The second-order valence-corrected chi connectivity index (χ2v) is 8.15. The summed E-state index contributed by atoms with van der Waals surface area (Å²) < 4.78 is 15.2. The molecule has 0 spiro atoms. The zero-order valence-electron chi connectivity index (χ0n) is 16.0. The average molecular weight is 391 g/mol. The maximum absolute atomic E-state index is 12.9. The van der Waals surface area contributed by atoms with Crippen LogP contribution >= 0.6 is 11.8 Å².